The van der Waals surface area contributed by atoms with Crippen molar-refractivity contribution in [3.8, 4) is 0 Å². The molecule has 0 spiro atoms. The number of rotatable bonds is 3. The highest BCUT2D eigenvalue weighted by molar-refractivity contribution is 5.76. The van der Waals surface area contributed by atoms with Crippen LogP contribution < -0.4 is 0 Å². The molecule has 0 aliphatic heterocycles. The van der Waals surface area contributed by atoms with Gasteiger partial charge in [-0.25, -0.2) is 18.6 Å². The second-order valence-corrected chi connectivity index (χ2v) is 3.80. The molecule has 1 heterocycles. The Bertz CT molecular complexity index is 596. The average Bonchev–Trinajstić information content (AvgIpc) is 2.70. The van der Waals surface area contributed by atoms with E-state index in [1.54, 1.807) is 6.92 Å². The zero-order chi connectivity index (χ0) is 13.3. The number of aromatic nitrogens is 2. The van der Waals surface area contributed by atoms with E-state index in [0.717, 1.165) is 12.1 Å². The van der Waals surface area contributed by atoms with Crippen LogP contribution >= 0.6 is 0 Å². The van der Waals surface area contributed by atoms with Crippen molar-refractivity contribution in [2.45, 2.75) is 13.0 Å². The van der Waals surface area contributed by atoms with E-state index >= 15 is 0 Å². The minimum atomic E-state index is -1.16. The number of aliphatic carboxylic acids is 1. The van der Waals surface area contributed by atoms with E-state index in [1.807, 2.05) is 0 Å². The van der Waals surface area contributed by atoms with Crippen LogP contribution in [0.25, 0.3) is 0 Å². The first-order valence-electron chi connectivity index (χ1n) is 5.18. The smallest absolute Gasteiger partial charge is 0.331 e. The summed E-state index contributed by atoms with van der Waals surface area (Å²) < 4.78 is 27.4. The molecule has 0 fully saturated rings. The number of halogens is 2. The van der Waals surface area contributed by atoms with E-state index in [9.17, 15) is 18.7 Å². The predicted molar refractivity (Wildman–Crippen MR) is 59.1 cm³/mol. The highest BCUT2D eigenvalue weighted by Crippen LogP contribution is 2.22. The third-order valence-electron chi connectivity index (χ3n) is 2.63. The number of hydrogen-bond acceptors (Lipinski definition) is 2. The topological polar surface area (TPSA) is 55.1 Å². The zero-order valence-corrected chi connectivity index (χ0v) is 9.47. The molecule has 6 heteroatoms. The molecule has 0 saturated carbocycles. The van der Waals surface area contributed by atoms with Gasteiger partial charge in [-0.15, -0.1) is 0 Å². The molecule has 1 aromatic carbocycles. The van der Waals surface area contributed by atoms with Crippen molar-refractivity contribution in [3.63, 3.8) is 0 Å². The van der Waals surface area contributed by atoms with Crippen LogP contribution in [0, 0.1) is 18.6 Å². The maximum absolute atomic E-state index is 13.2. The molecule has 1 aromatic heterocycles. The van der Waals surface area contributed by atoms with Gasteiger partial charge in [0.1, 0.15) is 5.82 Å². The van der Waals surface area contributed by atoms with Crippen LogP contribution in [-0.4, -0.2) is 20.6 Å². The maximum atomic E-state index is 13.2. The van der Waals surface area contributed by atoms with E-state index in [1.165, 1.54) is 23.0 Å². The van der Waals surface area contributed by atoms with Crippen LogP contribution in [-0.2, 0) is 4.79 Å². The van der Waals surface area contributed by atoms with Crippen molar-refractivity contribution in [2.24, 2.45) is 0 Å². The fraction of sp³-hybridized carbons (Fsp3) is 0.167. The Morgan fingerprint density at radius 3 is 2.61 bits per heavy atom. The van der Waals surface area contributed by atoms with Gasteiger partial charge < -0.3 is 9.67 Å². The second-order valence-electron chi connectivity index (χ2n) is 3.80. The highest BCUT2D eigenvalue weighted by atomic mass is 19.2. The largest absolute Gasteiger partial charge is 0.479 e. The number of aryl methyl sites for hydroxylation is 1. The molecule has 0 aliphatic carbocycles. The van der Waals surface area contributed by atoms with Gasteiger partial charge in [0.2, 0.25) is 0 Å². The summed E-state index contributed by atoms with van der Waals surface area (Å²) in [6, 6.07) is 1.92. The van der Waals surface area contributed by atoms with Crippen molar-refractivity contribution >= 4 is 5.97 Å². The van der Waals surface area contributed by atoms with Crippen molar-refractivity contribution in [2.75, 3.05) is 0 Å². The van der Waals surface area contributed by atoms with Crippen molar-refractivity contribution < 1.29 is 18.7 Å². The number of carboxylic acids is 1. The van der Waals surface area contributed by atoms with Crippen LogP contribution in [0.5, 0.6) is 0 Å². The minimum absolute atomic E-state index is 0.155. The third-order valence-corrected chi connectivity index (χ3v) is 2.63. The Morgan fingerprint density at radius 2 is 2.11 bits per heavy atom. The second kappa shape index (κ2) is 4.56. The molecule has 18 heavy (non-hydrogen) atoms. The Balaban J connectivity index is 2.52. The first kappa shape index (κ1) is 12.2. The van der Waals surface area contributed by atoms with Gasteiger partial charge in [0.15, 0.2) is 17.7 Å². The van der Waals surface area contributed by atoms with Crippen LogP contribution in [0.15, 0.2) is 30.6 Å². The van der Waals surface area contributed by atoms with Crippen molar-refractivity contribution in [1.29, 1.82) is 0 Å². The lowest BCUT2D eigenvalue weighted by molar-refractivity contribution is -0.139. The summed E-state index contributed by atoms with van der Waals surface area (Å²) in [6.45, 7) is 1.63. The lowest BCUT2D eigenvalue weighted by atomic mass is 10.1. The molecule has 0 bridgehead atoms. The molecule has 1 unspecified atom stereocenters. The quantitative estimate of drug-likeness (QED) is 0.910. The average molecular weight is 252 g/mol. The number of imidazole rings is 1. The van der Waals surface area contributed by atoms with E-state index < -0.39 is 23.6 Å². The molecule has 0 radical (unpaired) electrons. The molecule has 0 saturated heterocycles. The summed E-state index contributed by atoms with van der Waals surface area (Å²) in [4.78, 5) is 15.2. The Morgan fingerprint density at radius 1 is 1.39 bits per heavy atom. The number of benzene rings is 1. The Hall–Kier alpha value is -2.24. The minimum Gasteiger partial charge on any atom is -0.479 e. The molecule has 1 atom stereocenters. The molecule has 2 aromatic rings. The number of carboxylic acid groups (broad SMARTS) is 1. The number of carbonyl (C=O) groups is 1. The molecule has 2 rings (SSSR count). The Labute approximate surface area is 102 Å². The first-order chi connectivity index (χ1) is 8.50. The molecule has 0 amide bonds. The summed E-state index contributed by atoms with van der Waals surface area (Å²) in [5.74, 6) is -2.77. The van der Waals surface area contributed by atoms with Crippen LogP contribution in [0.3, 0.4) is 0 Å². The summed E-state index contributed by atoms with van der Waals surface area (Å²) in [6.07, 6.45) is 2.93. The maximum Gasteiger partial charge on any atom is 0.331 e. The monoisotopic (exact) mass is 252 g/mol. The molecular weight excluding hydrogens is 242 g/mol. The van der Waals surface area contributed by atoms with Gasteiger partial charge in [0.05, 0.1) is 0 Å². The van der Waals surface area contributed by atoms with Gasteiger partial charge in [-0.3, -0.25) is 0 Å². The lowest BCUT2D eigenvalue weighted by Crippen LogP contribution is -2.21. The first-order valence-corrected chi connectivity index (χ1v) is 5.18. The van der Waals surface area contributed by atoms with Crippen molar-refractivity contribution in [3.05, 3.63) is 53.6 Å². The SMILES string of the molecule is Cc1nccn1C(C(=O)O)c1ccc(F)c(F)c1. The van der Waals surface area contributed by atoms with Gasteiger partial charge in [-0.05, 0) is 24.6 Å². The number of hydrogen-bond donors (Lipinski definition) is 1. The third kappa shape index (κ3) is 2.09. The van der Waals surface area contributed by atoms with Gasteiger partial charge in [0, 0.05) is 12.4 Å². The van der Waals surface area contributed by atoms with E-state index in [-0.39, 0.29) is 5.56 Å². The normalized spacial score (nSPS) is 12.4. The predicted octanol–water partition coefficient (Wildman–Crippen LogP) is 2.14. The Kier molecular flexibility index (Phi) is 3.10. The fourth-order valence-corrected chi connectivity index (χ4v) is 1.77. The van der Waals surface area contributed by atoms with Crippen molar-refractivity contribution in [1.82, 2.24) is 9.55 Å². The van der Waals surface area contributed by atoms with Gasteiger partial charge in [-0.2, -0.15) is 0 Å². The molecule has 4 nitrogen and oxygen atoms in total. The lowest BCUT2D eigenvalue weighted by Gasteiger charge is -2.16. The molecule has 94 valence electrons. The van der Waals surface area contributed by atoms with Gasteiger partial charge in [0.25, 0.3) is 0 Å². The molecule has 0 aliphatic rings. The van der Waals surface area contributed by atoms with Gasteiger partial charge in [-0.1, -0.05) is 6.07 Å². The summed E-state index contributed by atoms with van der Waals surface area (Å²) in [5, 5.41) is 9.22. The summed E-state index contributed by atoms with van der Waals surface area (Å²) in [7, 11) is 0. The summed E-state index contributed by atoms with van der Waals surface area (Å²) in [5.41, 5.74) is 0.155. The molecular formula is C12H10F2N2O2. The van der Waals surface area contributed by atoms with Gasteiger partial charge >= 0.3 is 5.97 Å². The van der Waals surface area contributed by atoms with Crippen LogP contribution in [0.2, 0.25) is 0 Å². The van der Waals surface area contributed by atoms with E-state index in [2.05, 4.69) is 4.98 Å². The van der Waals surface area contributed by atoms with Crippen LogP contribution in [0.1, 0.15) is 17.4 Å². The molecule has 1 N–H and O–H groups in total. The van der Waals surface area contributed by atoms with Crippen LogP contribution in [0.4, 0.5) is 8.78 Å². The fourth-order valence-electron chi connectivity index (χ4n) is 1.77. The standard InChI is InChI=1S/C12H10F2N2O2/c1-7-15-4-5-16(7)11(12(17)18)8-2-3-9(13)10(14)6-8/h2-6,11H,1H3,(H,17,18). The van der Waals surface area contributed by atoms with E-state index in [0.29, 0.717) is 5.82 Å². The number of nitrogens with zero attached hydrogens (tertiary/aromatic N) is 2. The van der Waals surface area contributed by atoms with E-state index in [4.69, 9.17) is 0 Å². The summed E-state index contributed by atoms with van der Waals surface area (Å²) >= 11 is 0. The zero-order valence-electron chi connectivity index (χ0n) is 9.47. The highest BCUT2D eigenvalue weighted by Gasteiger charge is 2.24.